The third-order valence-electron chi connectivity index (χ3n) is 9.90. The maximum atomic E-state index is 5.02. The fourth-order valence-electron chi connectivity index (χ4n) is 7.86. The normalized spacial score (nSPS) is 13.6. The Morgan fingerprint density at radius 1 is 0.591 bits per heavy atom. The second-order valence-corrected chi connectivity index (χ2v) is 12.7. The van der Waals surface area contributed by atoms with Crippen LogP contribution >= 0.6 is 0 Å². The van der Waals surface area contributed by atoms with Gasteiger partial charge in [-0.1, -0.05) is 105 Å². The molecule has 1 aromatic heterocycles. The van der Waals surface area contributed by atoms with Crippen molar-refractivity contribution in [3.8, 4) is 33.6 Å². The van der Waals surface area contributed by atoms with Crippen molar-refractivity contribution in [1.82, 2.24) is 9.55 Å². The van der Waals surface area contributed by atoms with Crippen LogP contribution in [-0.4, -0.2) is 9.55 Å². The van der Waals surface area contributed by atoms with Gasteiger partial charge in [-0.25, -0.2) is 4.98 Å². The molecule has 0 fully saturated rings. The van der Waals surface area contributed by atoms with Gasteiger partial charge in [-0.3, -0.25) is 0 Å². The number of nitrogens with zero attached hydrogens (tertiary/aromatic N) is 2. The van der Waals surface area contributed by atoms with Gasteiger partial charge >= 0.3 is 0 Å². The molecule has 9 rings (SSSR count). The Bertz CT molecular complexity index is 2460. The Balaban J connectivity index is 1.21. The molecular formula is C42H32N2. The average molecular weight is 565 g/mol. The number of para-hydroxylation sites is 2. The molecule has 0 bridgehead atoms. The summed E-state index contributed by atoms with van der Waals surface area (Å²) in [5.41, 5.74) is 11.3. The van der Waals surface area contributed by atoms with E-state index in [9.17, 15) is 0 Å². The van der Waals surface area contributed by atoms with Crippen molar-refractivity contribution in [2.45, 2.75) is 32.7 Å². The number of fused-ring (bicyclic) bond motifs is 10. The number of aryl methyl sites for hydroxylation is 1. The maximum Gasteiger partial charge on any atom is 0.141 e. The molecule has 1 aliphatic rings. The van der Waals surface area contributed by atoms with E-state index in [4.69, 9.17) is 4.98 Å². The zero-order valence-electron chi connectivity index (χ0n) is 25.2. The number of aromatic nitrogens is 2. The standard InChI is InChI=1S/C42H32N2/c1-4-44-38-19-10-9-18-37(38)43-41(44)29-13-11-12-26(22-29)27-20-21-28-24-35-36(25-30(28)23-27)42(2,3)40-34-17-8-6-15-32(34)31-14-5-7-16-33(31)39(35)40/h5-25H,4H2,1-3H3. The third kappa shape index (κ3) is 3.45. The van der Waals surface area contributed by atoms with Gasteiger partial charge in [0.05, 0.1) is 11.0 Å². The highest BCUT2D eigenvalue weighted by atomic mass is 15.1. The Hall–Kier alpha value is -5.21. The fraction of sp³-hybridized carbons (Fsp3) is 0.119. The molecule has 0 N–H and O–H groups in total. The zero-order valence-corrected chi connectivity index (χ0v) is 25.2. The molecule has 210 valence electrons. The van der Waals surface area contributed by atoms with Crippen LogP contribution in [0.4, 0.5) is 0 Å². The van der Waals surface area contributed by atoms with Crippen molar-refractivity contribution in [2.75, 3.05) is 0 Å². The summed E-state index contributed by atoms with van der Waals surface area (Å²) in [5, 5.41) is 7.93. The lowest BCUT2D eigenvalue weighted by molar-refractivity contribution is 0.667. The first-order valence-corrected chi connectivity index (χ1v) is 15.6. The van der Waals surface area contributed by atoms with E-state index in [0.717, 1.165) is 23.4 Å². The van der Waals surface area contributed by atoms with E-state index in [-0.39, 0.29) is 5.41 Å². The highest BCUT2D eigenvalue weighted by Crippen LogP contribution is 2.55. The Morgan fingerprint density at radius 3 is 2.09 bits per heavy atom. The van der Waals surface area contributed by atoms with Gasteiger partial charge in [-0.15, -0.1) is 0 Å². The molecule has 0 spiro atoms. The highest BCUT2D eigenvalue weighted by Gasteiger charge is 2.38. The van der Waals surface area contributed by atoms with Gasteiger partial charge in [0.1, 0.15) is 5.82 Å². The minimum absolute atomic E-state index is 0.113. The van der Waals surface area contributed by atoms with Gasteiger partial charge in [0.15, 0.2) is 0 Å². The summed E-state index contributed by atoms with van der Waals surface area (Å²) in [6.45, 7) is 7.87. The molecule has 1 aliphatic carbocycles. The molecule has 2 nitrogen and oxygen atoms in total. The van der Waals surface area contributed by atoms with E-state index >= 15 is 0 Å². The molecule has 0 unspecified atom stereocenters. The van der Waals surface area contributed by atoms with E-state index in [2.05, 4.69) is 153 Å². The van der Waals surface area contributed by atoms with Crippen LogP contribution in [0, 0.1) is 0 Å². The summed E-state index contributed by atoms with van der Waals surface area (Å²) >= 11 is 0. The molecule has 0 aliphatic heterocycles. The van der Waals surface area contributed by atoms with Crippen LogP contribution in [0.5, 0.6) is 0 Å². The number of benzene rings is 7. The lowest BCUT2D eigenvalue weighted by Crippen LogP contribution is -2.15. The minimum atomic E-state index is -0.113. The maximum absolute atomic E-state index is 5.02. The van der Waals surface area contributed by atoms with Crippen LogP contribution in [0.2, 0.25) is 0 Å². The van der Waals surface area contributed by atoms with Crippen LogP contribution in [0.25, 0.3) is 77.0 Å². The largest absolute Gasteiger partial charge is 0.324 e. The Labute approximate surface area is 257 Å². The van der Waals surface area contributed by atoms with E-state index in [1.165, 1.54) is 71.2 Å². The van der Waals surface area contributed by atoms with Crippen LogP contribution in [0.1, 0.15) is 31.9 Å². The molecule has 8 aromatic rings. The molecule has 0 saturated carbocycles. The van der Waals surface area contributed by atoms with Gasteiger partial charge in [0.25, 0.3) is 0 Å². The molecule has 1 heterocycles. The lowest BCUT2D eigenvalue weighted by atomic mass is 9.79. The molecule has 7 aromatic carbocycles. The van der Waals surface area contributed by atoms with Gasteiger partial charge in [0.2, 0.25) is 0 Å². The van der Waals surface area contributed by atoms with Crippen LogP contribution in [0.3, 0.4) is 0 Å². The van der Waals surface area contributed by atoms with Crippen molar-refractivity contribution < 1.29 is 0 Å². The highest BCUT2D eigenvalue weighted by molar-refractivity contribution is 6.19. The molecular weight excluding hydrogens is 532 g/mol. The smallest absolute Gasteiger partial charge is 0.141 e. The van der Waals surface area contributed by atoms with Crippen LogP contribution in [-0.2, 0) is 12.0 Å². The SMILES string of the molecule is CCn1c(-c2cccc(-c3ccc4cc5c(cc4c3)C(C)(C)c3c-5c4ccccc4c4ccccc34)c2)nc2ccccc21. The number of hydrogen-bond donors (Lipinski definition) is 0. The van der Waals surface area contributed by atoms with E-state index in [1.807, 2.05) is 0 Å². The zero-order chi connectivity index (χ0) is 29.6. The number of hydrogen-bond acceptors (Lipinski definition) is 1. The van der Waals surface area contributed by atoms with Crippen molar-refractivity contribution in [1.29, 1.82) is 0 Å². The van der Waals surface area contributed by atoms with Gasteiger partial charge in [-0.2, -0.15) is 0 Å². The topological polar surface area (TPSA) is 17.8 Å². The van der Waals surface area contributed by atoms with E-state index < -0.39 is 0 Å². The second-order valence-electron chi connectivity index (χ2n) is 12.7. The van der Waals surface area contributed by atoms with E-state index in [1.54, 1.807) is 0 Å². The average Bonchev–Trinajstić information content (AvgIpc) is 3.56. The Morgan fingerprint density at radius 2 is 1.27 bits per heavy atom. The van der Waals surface area contributed by atoms with Crippen molar-refractivity contribution in [3.63, 3.8) is 0 Å². The lowest BCUT2D eigenvalue weighted by Gasteiger charge is -2.24. The summed E-state index contributed by atoms with van der Waals surface area (Å²) in [5.74, 6) is 1.02. The molecule has 0 amide bonds. The predicted molar refractivity (Wildman–Crippen MR) is 186 cm³/mol. The number of rotatable bonds is 3. The van der Waals surface area contributed by atoms with Crippen molar-refractivity contribution >= 4 is 43.4 Å². The minimum Gasteiger partial charge on any atom is -0.324 e. The van der Waals surface area contributed by atoms with E-state index in [0.29, 0.717) is 0 Å². The predicted octanol–water partition coefficient (Wildman–Crippen LogP) is 11.2. The molecule has 0 atom stereocenters. The molecule has 0 radical (unpaired) electrons. The monoisotopic (exact) mass is 564 g/mol. The summed E-state index contributed by atoms with van der Waals surface area (Å²) < 4.78 is 2.31. The first-order chi connectivity index (χ1) is 21.5. The first kappa shape index (κ1) is 25.3. The second kappa shape index (κ2) is 9.14. The van der Waals surface area contributed by atoms with Crippen molar-refractivity contribution in [2.24, 2.45) is 0 Å². The van der Waals surface area contributed by atoms with Gasteiger partial charge < -0.3 is 4.57 Å². The molecule has 44 heavy (non-hydrogen) atoms. The van der Waals surface area contributed by atoms with Gasteiger partial charge in [0, 0.05) is 17.5 Å². The summed E-state index contributed by atoms with van der Waals surface area (Å²) in [6.07, 6.45) is 0. The van der Waals surface area contributed by atoms with Crippen molar-refractivity contribution in [3.05, 3.63) is 139 Å². The molecule has 0 saturated heterocycles. The van der Waals surface area contributed by atoms with Gasteiger partial charge in [-0.05, 0) is 109 Å². The summed E-state index contributed by atoms with van der Waals surface area (Å²) in [7, 11) is 0. The fourth-order valence-corrected chi connectivity index (χ4v) is 7.86. The summed E-state index contributed by atoms with van der Waals surface area (Å²) in [4.78, 5) is 5.02. The van der Waals surface area contributed by atoms with Crippen LogP contribution < -0.4 is 0 Å². The summed E-state index contributed by atoms with van der Waals surface area (Å²) in [6, 6.07) is 47.0. The quantitative estimate of drug-likeness (QED) is 0.195. The Kier molecular flexibility index (Phi) is 5.26. The first-order valence-electron chi connectivity index (χ1n) is 15.6. The third-order valence-corrected chi connectivity index (χ3v) is 9.90. The number of imidazole rings is 1. The van der Waals surface area contributed by atoms with Crippen LogP contribution in [0.15, 0.2) is 127 Å². The molecule has 2 heteroatoms.